The van der Waals surface area contributed by atoms with Crippen molar-refractivity contribution in [3.63, 3.8) is 0 Å². The smallest absolute Gasteiger partial charge is 0.251 e. The van der Waals surface area contributed by atoms with Crippen molar-refractivity contribution in [2.24, 2.45) is 0 Å². The SMILES string of the molecule is COc1cc2c(-c3cnc(C)o3)nc(-n3cc(-c4ccc(S(C)(=O)=O)cc4)cn3)nc2cc1F. The second-order valence-corrected chi connectivity index (χ2v) is 9.61. The fourth-order valence-electron chi connectivity index (χ4n) is 3.51. The largest absolute Gasteiger partial charge is 0.494 e. The molecule has 3 heterocycles. The van der Waals surface area contributed by atoms with Gasteiger partial charge in [-0.1, -0.05) is 12.1 Å². The van der Waals surface area contributed by atoms with E-state index in [0.717, 1.165) is 17.4 Å². The summed E-state index contributed by atoms with van der Waals surface area (Å²) in [7, 11) is -1.91. The van der Waals surface area contributed by atoms with Gasteiger partial charge in [0.05, 0.1) is 29.9 Å². The van der Waals surface area contributed by atoms with Gasteiger partial charge in [-0.05, 0) is 23.8 Å². The highest BCUT2D eigenvalue weighted by Gasteiger charge is 2.18. The van der Waals surface area contributed by atoms with Crippen molar-refractivity contribution in [1.82, 2.24) is 24.7 Å². The monoisotopic (exact) mass is 479 g/mol. The van der Waals surface area contributed by atoms with Gasteiger partial charge in [0.15, 0.2) is 33.1 Å². The van der Waals surface area contributed by atoms with Crippen LogP contribution in [0, 0.1) is 12.7 Å². The van der Waals surface area contributed by atoms with Crippen LogP contribution in [0.3, 0.4) is 0 Å². The Hall–Kier alpha value is -4.12. The number of hydrogen-bond donors (Lipinski definition) is 0. The van der Waals surface area contributed by atoms with Crippen LogP contribution in [-0.4, -0.2) is 46.5 Å². The molecule has 0 spiro atoms. The van der Waals surface area contributed by atoms with Gasteiger partial charge in [-0.3, -0.25) is 0 Å². The Bertz CT molecular complexity index is 1640. The number of ether oxygens (including phenoxy) is 1. The first-order valence-corrected chi connectivity index (χ1v) is 12.0. The normalized spacial score (nSPS) is 11.8. The number of rotatable bonds is 5. The molecule has 5 aromatic rings. The second kappa shape index (κ2) is 8.03. The molecule has 0 saturated carbocycles. The average Bonchev–Trinajstić information content (AvgIpc) is 3.47. The van der Waals surface area contributed by atoms with Crippen LogP contribution in [0.1, 0.15) is 5.89 Å². The van der Waals surface area contributed by atoms with Gasteiger partial charge >= 0.3 is 0 Å². The number of oxazole rings is 1. The number of halogens is 1. The average molecular weight is 479 g/mol. The number of sulfone groups is 1. The van der Waals surface area contributed by atoms with Crippen LogP contribution in [0.25, 0.3) is 39.4 Å². The Labute approximate surface area is 193 Å². The molecule has 3 aromatic heterocycles. The van der Waals surface area contributed by atoms with Gasteiger partial charge in [-0.25, -0.2) is 32.4 Å². The molecule has 0 N–H and O–H groups in total. The number of methoxy groups -OCH3 is 1. The quantitative estimate of drug-likeness (QED) is 0.372. The van der Waals surface area contributed by atoms with Crippen molar-refractivity contribution in [3.8, 4) is 34.3 Å². The van der Waals surface area contributed by atoms with Crippen molar-refractivity contribution in [3.05, 3.63) is 66.7 Å². The Kier molecular flexibility index (Phi) is 5.13. The molecule has 5 rings (SSSR count). The number of aryl methyl sites for hydroxylation is 1. The number of benzene rings is 2. The van der Waals surface area contributed by atoms with Crippen LogP contribution in [0.15, 0.2) is 64.3 Å². The summed E-state index contributed by atoms with van der Waals surface area (Å²) in [6.45, 7) is 1.71. The molecule has 9 nitrogen and oxygen atoms in total. The van der Waals surface area contributed by atoms with E-state index < -0.39 is 15.7 Å². The summed E-state index contributed by atoms with van der Waals surface area (Å²) < 4.78 is 50.1. The summed E-state index contributed by atoms with van der Waals surface area (Å²) in [4.78, 5) is 13.5. The minimum absolute atomic E-state index is 0.0558. The maximum atomic E-state index is 14.4. The molecule has 0 atom stereocenters. The van der Waals surface area contributed by atoms with Crippen molar-refractivity contribution in [2.45, 2.75) is 11.8 Å². The molecule has 0 fully saturated rings. The van der Waals surface area contributed by atoms with Crippen LogP contribution in [0.4, 0.5) is 4.39 Å². The lowest BCUT2D eigenvalue weighted by atomic mass is 10.1. The lowest BCUT2D eigenvalue weighted by molar-refractivity contribution is 0.387. The Balaban J connectivity index is 1.63. The molecular formula is C23H18FN5O4S. The summed E-state index contributed by atoms with van der Waals surface area (Å²) in [5, 5.41) is 4.88. The van der Waals surface area contributed by atoms with E-state index in [-0.39, 0.29) is 16.6 Å². The molecule has 0 amide bonds. The molecule has 0 aliphatic heterocycles. The van der Waals surface area contributed by atoms with E-state index in [4.69, 9.17) is 9.15 Å². The van der Waals surface area contributed by atoms with E-state index in [9.17, 15) is 12.8 Å². The zero-order valence-corrected chi connectivity index (χ0v) is 19.2. The van der Waals surface area contributed by atoms with Crippen molar-refractivity contribution >= 4 is 20.7 Å². The van der Waals surface area contributed by atoms with Crippen LogP contribution in [0.2, 0.25) is 0 Å². The highest BCUT2D eigenvalue weighted by Crippen LogP contribution is 2.32. The van der Waals surface area contributed by atoms with Crippen LogP contribution in [-0.2, 0) is 9.84 Å². The van der Waals surface area contributed by atoms with Gasteiger partial charge < -0.3 is 9.15 Å². The summed E-state index contributed by atoms with van der Waals surface area (Å²) in [6.07, 6.45) is 6.00. The molecule has 0 saturated heterocycles. The zero-order valence-electron chi connectivity index (χ0n) is 18.4. The van der Waals surface area contributed by atoms with E-state index in [2.05, 4.69) is 20.1 Å². The number of hydrogen-bond acceptors (Lipinski definition) is 8. The fourth-order valence-corrected chi connectivity index (χ4v) is 4.14. The predicted molar refractivity (Wildman–Crippen MR) is 122 cm³/mol. The van der Waals surface area contributed by atoms with Crippen LogP contribution >= 0.6 is 0 Å². The first-order valence-electron chi connectivity index (χ1n) is 10.1. The standard InChI is InChI=1S/C23H18FN5O4S/c1-13-25-11-21(33-13)22-17-8-20(32-2)18(24)9-19(17)27-23(28-22)29-12-15(10-26-29)14-4-6-16(7-5-14)34(3,30)31/h4-12H,1-3H3. The molecular weight excluding hydrogens is 461 g/mol. The van der Waals surface area contributed by atoms with Gasteiger partial charge in [0.25, 0.3) is 5.95 Å². The topological polar surface area (TPSA) is 113 Å². The third kappa shape index (κ3) is 3.90. The fraction of sp³-hybridized carbons (Fsp3) is 0.130. The Morgan fingerprint density at radius 1 is 1.06 bits per heavy atom. The highest BCUT2D eigenvalue weighted by molar-refractivity contribution is 7.90. The van der Waals surface area contributed by atoms with Crippen molar-refractivity contribution in [1.29, 1.82) is 0 Å². The number of nitrogens with zero attached hydrogens (tertiary/aromatic N) is 5. The zero-order chi connectivity index (χ0) is 24.0. The number of fused-ring (bicyclic) bond motifs is 1. The van der Waals surface area contributed by atoms with Crippen LogP contribution < -0.4 is 4.74 Å². The van der Waals surface area contributed by atoms with Gasteiger partial charge in [-0.2, -0.15) is 5.10 Å². The lowest BCUT2D eigenvalue weighted by Crippen LogP contribution is -2.04. The minimum Gasteiger partial charge on any atom is -0.494 e. The summed E-state index contributed by atoms with van der Waals surface area (Å²) in [5.41, 5.74) is 2.23. The first-order chi connectivity index (χ1) is 16.2. The third-order valence-corrected chi connectivity index (χ3v) is 6.34. The van der Waals surface area contributed by atoms with E-state index in [0.29, 0.717) is 28.2 Å². The summed E-state index contributed by atoms with van der Waals surface area (Å²) in [6, 6.07) is 9.25. The summed E-state index contributed by atoms with van der Waals surface area (Å²) in [5.74, 6) is 0.534. The lowest BCUT2D eigenvalue weighted by Gasteiger charge is -2.09. The molecule has 0 aliphatic rings. The third-order valence-electron chi connectivity index (χ3n) is 5.22. The van der Waals surface area contributed by atoms with E-state index in [1.54, 1.807) is 31.5 Å². The van der Waals surface area contributed by atoms with E-state index >= 15 is 0 Å². The molecule has 0 radical (unpaired) electrons. The van der Waals surface area contributed by atoms with Crippen LogP contribution in [0.5, 0.6) is 5.75 Å². The Morgan fingerprint density at radius 2 is 1.82 bits per heavy atom. The molecule has 172 valence electrons. The predicted octanol–water partition coefficient (Wildman–Crippen LogP) is 4.00. The molecule has 11 heteroatoms. The van der Waals surface area contributed by atoms with Gasteiger partial charge in [-0.15, -0.1) is 0 Å². The second-order valence-electron chi connectivity index (χ2n) is 7.59. The molecule has 34 heavy (non-hydrogen) atoms. The minimum atomic E-state index is -3.29. The van der Waals surface area contributed by atoms with Gasteiger partial charge in [0.2, 0.25) is 0 Å². The molecule has 0 aliphatic carbocycles. The van der Waals surface area contributed by atoms with Crippen molar-refractivity contribution < 1.29 is 22.0 Å². The van der Waals surface area contributed by atoms with Gasteiger partial charge in [0, 0.05) is 36.4 Å². The van der Waals surface area contributed by atoms with E-state index in [1.165, 1.54) is 42.3 Å². The maximum Gasteiger partial charge on any atom is 0.251 e. The molecule has 2 aromatic carbocycles. The number of aromatic nitrogens is 5. The highest BCUT2D eigenvalue weighted by atomic mass is 32.2. The Morgan fingerprint density at radius 3 is 2.47 bits per heavy atom. The molecule has 0 bridgehead atoms. The first kappa shape index (κ1) is 21.7. The van der Waals surface area contributed by atoms with E-state index in [1.807, 2.05) is 0 Å². The van der Waals surface area contributed by atoms with Crippen molar-refractivity contribution in [2.75, 3.05) is 13.4 Å². The maximum absolute atomic E-state index is 14.4. The summed E-state index contributed by atoms with van der Waals surface area (Å²) >= 11 is 0. The van der Waals surface area contributed by atoms with Gasteiger partial charge in [0.1, 0.15) is 5.69 Å². The molecule has 0 unspecified atom stereocenters.